The van der Waals surface area contributed by atoms with Gasteiger partial charge in [0.25, 0.3) is 5.91 Å². The van der Waals surface area contributed by atoms with Gasteiger partial charge >= 0.3 is 0 Å². The van der Waals surface area contributed by atoms with Gasteiger partial charge in [-0.25, -0.2) is 4.68 Å². The Kier molecular flexibility index (Phi) is 3.89. The predicted molar refractivity (Wildman–Crippen MR) is 87.8 cm³/mol. The zero-order valence-electron chi connectivity index (χ0n) is 13.3. The van der Waals surface area contributed by atoms with Gasteiger partial charge in [-0.3, -0.25) is 4.79 Å². The lowest BCUT2D eigenvalue weighted by atomic mass is 10.1. The summed E-state index contributed by atoms with van der Waals surface area (Å²) in [4.78, 5) is 14.3. The number of amides is 1. The average molecular weight is 307 g/mol. The van der Waals surface area contributed by atoms with Gasteiger partial charge in [-0.2, -0.15) is 0 Å². The molecule has 116 valence electrons. The second-order valence-corrected chi connectivity index (χ2v) is 5.51. The number of nitrogens with zero attached hydrogens (tertiary/aromatic N) is 5. The second kappa shape index (κ2) is 6.00. The molecular weight excluding hydrogens is 290 g/mol. The molecular formula is C17H17N5O. The maximum Gasteiger partial charge on any atom is 0.258 e. The first-order chi connectivity index (χ1) is 11.0. The number of carbonyl (C=O) groups is 1. The van der Waals surface area contributed by atoms with E-state index in [1.54, 1.807) is 28.8 Å². The lowest BCUT2D eigenvalue weighted by Gasteiger charge is -2.19. The van der Waals surface area contributed by atoms with E-state index in [1.807, 2.05) is 38.1 Å². The third-order valence-corrected chi connectivity index (χ3v) is 3.63. The highest BCUT2D eigenvalue weighted by Gasteiger charge is 2.14. The standard InChI is InChI=1S/C17H17N5O/c1-12-8-13(2)10-16(9-12)21(3)17(23)14-4-6-15(7-5-14)22-11-18-19-20-22/h4-11H,1-3H3. The lowest BCUT2D eigenvalue weighted by molar-refractivity contribution is 0.0993. The molecule has 0 saturated carbocycles. The summed E-state index contributed by atoms with van der Waals surface area (Å²) in [6, 6.07) is 13.3. The smallest absolute Gasteiger partial charge is 0.258 e. The number of hydrogen-bond acceptors (Lipinski definition) is 4. The van der Waals surface area contributed by atoms with Crippen molar-refractivity contribution >= 4 is 11.6 Å². The van der Waals surface area contributed by atoms with Crippen molar-refractivity contribution in [2.24, 2.45) is 0 Å². The van der Waals surface area contributed by atoms with Crippen molar-refractivity contribution in [2.75, 3.05) is 11.9 Å². The lowest BCUT2D eigenvalue weighted by Crippen LogP contribution is -2.26. The fraction of sp³-hybridized carbons (Fsp3) is 0.176. The molecule has 2 aromatic carbocycles. The topological polar surface area (TPSA) is 63.9 Å². The van der Waals surface area contributed by atoms with E-state index in [-0.39, 0.29) is 5.91 Å². The van der Waals surface area contributed by atoms with Crippen molar-refractivity contribution < 1.29 is 4.79 Å². The number of hydrogen-bond donors (Lipinski definition) is 0. The molecule has 0 atom stereocenters. The van der Waals surface area contributed by atoms with E-state index >= 15 is 0 Å². The molecule has 0 bridgehead atoms. The van der Waals surface area contributed by atoms with Gasteiger partial charge in [0.2, 0.25) is 0 Å². The number of aryl methyl sites for hydroxylation is 2. The van der Waals surface area contributed by atoms with Gasteiger partial charge in [-0.05, 0) is 71.8 Å². The van der Waals surface area contributed by atoms with E-state index in [0.29, 0.717) is 5.56 Å². The van der Waals surface area contributed by atoms with Crippen molar-refractivity contribution in [1.29, 1.82) is 0 Å². The van der Waals surface area contributed by atoms with Crippen LogP contribution in [0.3, 0.4) is 0 Å². The minimum absolute atomic E-state index is 0.0572. The quantitative estimate of drug-likeness (QED) is 0.746. The number of rotatable bonds is 3. The van der Waals surface area contributed by atoms with Crippen molar-refractivity contribution in [1.82, 2.24) is 20.2 Å². The zero-order valence-corrected chi connectivity index (χ0v) is 13.3. The van der Waals surface area contributed by atoms with E-state index in [2.05, 4.69) is 21.6 Å². The molecule has 0 aliphatic heterocycles. The van der Waals surface area contributed by atoms with Gasteiger partial charge in [0, 0.05) is 18.3 Å². The van der Waals surface area contributed by atoms with E-state index < -0.39 is 0 Å². The largest absolute Gasteiger partial charge is 0.311 e. The third kappa shape index (κ3) is 3.11. The Morgan fingerprint density at radius 2 is 1.70 bits per heavy atom. The minimum atomic E-state index is -0.0572. The van der Waals surface area contributed by atoms with E-state index in [1.165, 1.54) is 6.33 Å². The number of aromatic nitrogens is 4. The first kappa shape index (κ1) is 14.9. The van der Waals surface area contributed by atoms with Crippen LogP contribution in [0.1, 0.15) is 21.5 Å². The van der Waals surface area contributed by atoms with Crippen molar-refractivity contribution in [3.8, 4) is 5.69 Å². The Labute approximate surface area is 134 Å². The van der Waals surface area contributed by atoms with Gasteiger partial charge in [0.05, 0.1) is 5.69 Å². The van der Waals surface area contributed by atoms with Gasteiger partial charge in [-0.1, -0.05) is 6.07 Å². The monoisotopic (exact) mass is 307 g/mol. The summed E-state index contributed by atoms with van der Waals surface area (Å²) in [6.07, 6.45) is 1.51. The molecule has 0 saturated heterocycles. The Morgan fingerprint density at radius 3 is 2.26 bits per heavy atom. The first-order valence-electron chi connectivity index (χ1n) is 7.24. The SMILES string of the molecule is Cc1cc(C)cc(N(C)C(=O)c2ccc(-n3cnnn3)cc2)c1. The molecule has 0 aliphatic rings. The molecule has 6 nitrogen and oxygen atoms in total. The maximum atomic E-state index is 12.6. The van der Waals surface area contributed by atoms with Crippen molar-refractivity contribution in [3.05, 3.63) is 65.5 Å². The second-order valence-electron chi connectivity index (χ2n) is 5.51. The third-order valence-electron chi connectivity index (χ3n) is 3.63. The molecule has 1 aromatic heterocycles. The highest BCUT2D eigenvalue weighted by molar-refractivity contribution is 6.05. The van der Waals surface area contributed by atoms with Crippen molar-refractivity contribution in [3.63, 3.8) is 0 Å². The molecule has 0 fully saturated rings. The Hall–Kier alpha value is -3.02. The fourth-order valence-corrected chi connectivity index (χ4v) is 2.49. The number of benzene rings is 2. The van der Waals surface area contributed by atoms with Gasteiger partial charge in [0.15, 0.2) is 0 Å². The summed E-state index contributed by atoms with van der Waals surface area (Å²) in [7, 11) is 1.78. The van der Waals surface area contributed by atoms with Gasteiger partial charge < -0.3 is 4.90 Å². The normalized spacial score (nSPS) is 10.6. The summed E-state index contributed by atoms with van der Waals surface area (Å²) in [6.45, 7) is 4.05. The van der Waals surface area contributed by atoms with E-state index in [0.717, 1.165) is 22.5 Å². The van der Waals surface area contributed by atoms with Crippen LogP contribution >= 0.6 is 0 Å². The molecule has 3 rings (SSSR count). The maximum absolute atomic E-state index is 12.6. The predicted octanol–water partition coefficient (Wildman–Crippen LogP) is 2.56. The first-order valence-corrected chi connectivity index (χ1v) is 7.24. The molecule has 23 heavy (non-hydrogen) atoms. The molecule has 3 aromatic rings. The van der Waals surface area contributed by atoms with Crippen LogP contribution in [0.5, 0.6) is 0 Å². The molecule has 6 heteroatoms. The number of carbonyl (C=O) groups excluding carboxylic acids is 1. The Balaban J connectivity index is 1.84. The van der Waals surface area contributed by atoms with Gasteiger partial charge in [0.1, 0.15) is 6.33 Å². The van der Waals surface area contributed by atoms with Gasteiger partial charge in [-0.15, -0.1) is 5.10 Å². The summed E-state index contributed by atoms with van der Waals surface area (Å²) >= 11 is 0. The molecule has 0 N–H and O–H groups in total. The number of tetrazole rings is 1. The van der Waals surface area contributed by atoms with Crippen LogP contribution < -0.4 is 4.90 Å². The summed E-state index contributed by atoms with van der Waals surface area (Å²) < 4.78 is 1.54. The molecule has 1 heterocycles. The molecule has 0 unspecified atom stereocenters. The van der Waals surface area contributed by atoms with Crippen LogP contribution in [0, 0.1) is 13.8 Å². The molecule has 0 radical (unpaired) electrons. The van der Waals surface area contributed by atoms with E-state index in [4.69, 9.17) is 0 Å². The number of anilines is 1. The highest BCUT2D eigenvalue weighted by atomic mass is 16.2. The average Bonchev–Trinajstić information content (AvgIpc) is 3.07. The van der Waals surface area contributed by atoms with Crippen LogP contribution in [0.25, 0.3) is 5.69 Å². The van der Waals surface area contributed by atoms with Crippen molar-refractivity contribution in [2.45, 2.75) is 13.8 Å². The zero-order chi connectivity index (χ0) is 16.4. The minimum Gasteiger partial charge on any atom is -0.311 e. The Morgan fingerprint density at radius 1 is 1.04 bits per heavy atom. The van der Waals surface area contributed by atoms with Crippen LogP contribution in [0.2, 0.25) is 0 Å². The van der Waals surface area contributed by atoms with E-state index in [9.17, 15) is 4.79 Å². The van der Waals surface area contributed by atoms with Crippen LogP contribution in [-0.4, -0.2) is 33.2 Å². The van der Waals surface area contributed by atoms with Crippen LogP contribution in [0.15, 0.2) is 48.8 Å². The summed E-state index contributed by atoms with van der Waals surface area (Å²) in [5, 5.41) is 11.0. The highest BCUT2D eigenvalue weighted by Crippen LogP contribution is 2.20. The summed E-state index contributed by atoms with van der Waals surface area (Å²) in [5.74, 6) is -0.0572. The molecule has 1 amide bonds. The Bertz CT molecular complexity index is 804. The summed E-state index contributed by atoms with van der Waals surface area (Å²) in [5.41, 5.74) is 4.57. The van der Waals surface area contributed by atoms with Crippen LogP contribution in [-0.2, 0) is 0 Å². The van der Waals surface area contributed by atoms with Crippen LogP contribution in [0.4, 0.5) is 5.69 Å². The molecule has 0 spiro atoms. The fourth-order valence-electron chi connectivity index (χ4n) is 2.49. The molecule has 0 aliphatic carbocycles.